The average molecular weight is 463 g/mol. The Morgan fingerprint density at radius 2 is 1.52 bits per heavy atom. The van der Waals surface area contributed by atoms with Crippen molar-refractivity contribution in [2.24, 2.45) is 5.10 Å². The summed E-state index contributed by atoms with van der Waals surface area (Å²) in [4.78, 5) is 22.9. The van der Waals surface area contributed by atoms with Crippen LogP contribution in [0.25, 0.3) is 17.4 Å². The molecule has 4 rings (SSSR count). The average Bonchev–Trinajstić information content (AvgIpc) is 3.37. The van der Waals surface area contributed by atoms with E-state index >= 15 is 0 Å². The fourth-order valence-corrected chi connectivity index (χ4v) is 3.09. The van der Waals surface area contributed by atoms with Crippen LogP contribution < -0.4 is 5.01 Å². The Hall–Kier alpha value is -4.35. The first-order valence-corrected chi connectivity index (χ1v) is 9.08. The number of hydrogen-bond acceptors (Lipinski definition) is 5. The van der Waals surface area contributed by atoms with E-state index in [1.54, 1.807) is 0 Å². The molecule has 33 heavy (non-hydrogen) atoms. The molecule has 0 radical (unpaired) electrons. The zero-order valence-electron chi connectivity index (χ0n) is 16.4. The lowest BCUT2D eigenvalue weighted by Crippen LogP contribution is -2.25. The van der Waals surface area contributed by atoms with Gasteiger partial charge < -0.3 is 4.42 Å². The molecular formula is C21H10F5N3O4. The summed E-state index contributed by atoms with van der Waals surface area (Å²) in [6, 6.07) is 8.41. The number of non-ortho nitro benzene ring substituents is 1. The molecule has 12 heteroatoms. The Morgan fingerprint density at radius 1 is 0.939 bits per heavy atom. The molecule has 1 aromatic heterocycles. The maximum atomic E-state index is 14.1. The number of anilines is 1. The monoisotopic (exact) mass is 463 g/mol. The van der Waals surface area contributed by atoms with E-state index < -0.39 is 45.6 Å². The normalized spacial score (nSPS) is 14.8. The van der Waals surface area contributed by atoms with Crippen molar-refractivity contribution >= 4 is 29.1 Å². The second-order valence-electron chi connectivity index (χ2n) is 6.78. The fourth-order valence-electron chi connectivity index (χ4n) is 3.09. The highest BCUT2D eigenvalue weighted by atomic mass is 19.2. The second-order valence-corrected chi connectivity index (χ2v) is 6.78. The Bertz CT molecular complexity index is 1350. The van der Waals surface area contributed by atoms with Gasteiger partial charge >= 0.3 is 0 Å². The van der Waals surface area contributed by atoms with Crippen molar-refractivity contribution in [1.82, 2.24) is 0 Å². The molecule has 0 N–H and O–H groups in total. The van der Waals surface area contributed by atoms with Crippen LogP contribution in [-0.2, 0) is 4.79 Å². The number of nitrogens with zero attached hydrogens (tertiary/aromatic N) is 3. The molecule has 0 saturated carbocycles. The van der Waals surface area contributed by atoms with Crippen molar-refractivity contribution in [2.75, 3.05) is 5.01 Å². The lowest BCUT2D eigenvalue weighted by atomic mass is 10.1. The summed E-state index contributed by atoms with van der Waals surface area (Å²) in [5.74, 6) is -11.9. The number of rotatable bonds is 4. The van der Waals surface area contributed by atoms with Gasteiger partial charge in [-0.05, 0) is 37.3 Å². The topological polar surface area (TPSA) is 89.0 Å². The van der Waals surface area contributed by atoms with Gasteiger partial charge in [0.1, 0.15) is 17.2 Å². The number of carbonyl (C=O) groups excluding carboxylic acids is 1. The molecule has 0 atom stereocenters. The molecule has 0 saturated heterocycles. The minimum absolute atomic E-state index is 0.0581. The summed E-state index contributed by atoms with van der Waals surface area (Å²) in [7, 11) is 0. The van der Waals surface area contributed by atoms with E-state index in [-0.39, 0.29) is 27.7 Å². The first-order valence-electron chi connectivity index (χ1n) is 9.08. The van der Waals surface area contributed by atoms with Gasteiger partial charge in [-0.1, -0.05) is 0 Å². The lowest BCUT2D eigenvalue weighted by Gasteiger charge is -2.14. The van der Waals surface area contributed by atoms with Gasteiger partial charge in [0.15, 0.2) is 23.3 Å². The minimum Gasteiger partial charge on any atom is -0.457 e. The summed E-state index contributed by atoms with van der Waals surface area (Å²) in [6.07, 6.45) is 1.18. The first kappa shape index (κ1) is 21.9. The lowest BCUT2D eigenvalue weighted by molar-refractivity contribution is -0.384. The van der Waals surface area contributed by atoms with Crippen molar-refractivity contribution in [3.63, 3.8) is 0 Å². The van der Waals surface area contributed by atoms with Crippen LogP contribution in [0, 0.1) is 39.2 Å². The van der Waals surface area contributed by atoms with Gasteiger partial charge in [0.05, 0.1) is 16.2 Å². The second kappa shape index (κ2) is 7.97. The van der Waals surface area contributed by atoms with Gasteiger partial charge in [-0.25, -0.2) is 22.0 Å². The van der Waals surface area contributed by atoms with Crippen LogP contribution in [0.5, 0.6) is 0 Å². The molecule has 0 spiro atoms. The molecule has 0 aliphatic carbocycles. The number of carbonyl (C=O) groups is 1. The largest absolute Gasteiger partial charge is 0.457 e. The van der Waals surface area contributed by atoms with Crippen LogP contribution in [-0.4, -0.2) is 16.5 Å². The maximum Gasteiger partial charge on any atom is 0.280 e. The zero-order chi connectivity index (χ0) is 24.0. The first-order chi connectivity index (χ1) is 15.6. The van der Waals surface area contributed by atoms with E-state index in [0.717, 1.165) is 0 Å². The molecule has 0 unspecified atom stereocenters. The highest BCUT2D eigenvalue weighted by Crippen LogP contribution is 2.34. The number of halogens is 5. The van der Waals surface area contributed by atoms with Crippen LogP contribution in [0.2, 0.25) is 0 Å². The predicted octanol–water partition coefficient (Wildman–Crippen LogP) is 5.36. The third-order valence-corrected chi connectivity index (χ3v) is 4.74. The SMILES string of the molecule is CC1=NN(c2c(F)c(F)c(F)c(F)c2F)C(=O)/C1=C\c1ccc(-c2ccc([N+](=O)[O-])cc2)o1. The maximum absolute atomic E-state index is 14.1. The summed E-state index contributed by atoms with van der Waals surface area (Å²) in [6.45, 7) is 1.30. The number of nitro benzene ring substituents is 1. The summed E-state index contributed by atoms with van der Waals surface area (Å²) >= 11 is 0. The standard InChI is InChI=1S/C21H10F5N3O4/c1-9-13(8-12-6-7-14(33-12)10-2-4-11(5-3-10)29(31)32)21(30)28(27-9)20-18(25)16(23)15(22)17(24)19(20)26/h2-8H,1H3/b13-8-. The van der Waals surface area contributed by atoms with E-state index in [0.29, 0.717) is 11.3 Å². The van der Waals surface area contributed by atoms with E-state index in [2.05, 4.69) is 5.10 Å². The number of hydrogen-bond donors (Lipinski definition) is 0. The number of furan rings is 1. The predicted molar refractivity (Wildman–Crippen MR) is 106 cm³/mol. The highest BCUT2D eigenvalue weighted by molar-refractivity contribution is 6.32. The van der Waals surface area contributed by atoms with Gasteiger partial charge in [-0.3, -0.25) is 14.9 Å². The van der Waals surface area contributed by atoms with Gasteiger partial charge in [0, 0.05) is 17.7 Å². The molecule has 7 nitrogen and oxygen atoms in total. The van der Waals surface area contributed by atoms with Crippen molar-refractivity contribution in [3.8, 4) is 11.3 Å². The Balaban J connectivity index is 1.67. The van der Waals surface area contributed by atoms with E-state index in [1.165, 1.54) is 49.4 Å². The highest BCUT2D eigenvalue weighted by Gasteiger charge is 2.37. The van der Waals surface area contributed by atoms with Crippen molar-refractivity contribution in [3.05, 3.63) is 86.9 Å². The summed E-state index contributed by atoms with van der Waals surface area (Å²) < 4.78 is 74.2. The number of hydrazone groups is 1. The molecule has 0 bridgehead atoms. The molecule has 1 aliphatic heterocycles. The van der Waals surface area contributed by atoms with Crippen molar-refractivity contribution in [2.45, 2.75) is 6.92 Å². The van der Waals surface area contributed by atoms with Crippen LogP contribution in [0.4, 0.5) is 33.3 Å². The Kier molecular flexibility index (Phi) is 5.28. The molecule has 0 fully saturated rings. The van der Waals surface area contributed by atoms with Gasteiger partial charge in [-0.2, -0.15) is 10.1 Å². The third-order valence-electron chi connectivity index (χ3n) is 4.74. The quantitative estimate of drug-likeness (QED) is 0.130. The van der Waals surface area contributed by atoms with Crippen LogP contribution in [0.15, 0.2) is 51.5 Å². The fraction of sp³-hybridized carbons (Fsp3) is 0.0476. The van der Waals surface area contributed by atoms with Crippen LogP contribution in [0.1, 0.15) is 12.7 Å². The number of nitro groups is 1. The molecule has 1 amide bonds. The molecular weight excluding hydrogens is 453 g/mol. The zero-order valence-corrected chi connectivity index (χ0v) is 16.4. The summed E-state index contributed by atoms with van der Waals surface area (Å²) in [5, 5.41) is 14.5. The van der Waals surface area contributed by atoms with Gasteiger partial charge in [-0.15, -0.1) is 0 Å². The van der Waals surface area contributed by atoms with Gasteiger partial charge in [0.2, 0.25) is 5.82 Å². The number of amides is 1. The Labute approximate surface area is 181 Å². The van der Waals surface area contributed by atoms with Crippen LogP contribution >= 0.6 is 0 Å². The van der Waals surface area contributed by atoms with Crippen molar-refractivity contribution < 1.29 is 36.1 Å². The van der Waals surface area contributed by atoms with Crippen molar-refractivity contribution in [1.29, 1.82) is 0 Å². The van der Waals surface area contributed by atoms with E-state index in [9.17, 15) is 36.9 Å². The smallest absolute Gasteiger partial charge is 0.280 e. The molecule has 2 heterocycles. The van der Waals surface area contributed by atoms with E-state index in [1.807, 2.05) is 0 Å². The van der Waals surface area contributed by atoms with Crippen LogP contribution in [0.3, 0.4) is 0 Å². The molecule has 1 aliphatic rings. The molecule has 168 valence electrons. The summed E-state index contributed by atoms with van der Waals surface area (Å²) in [5.41, 5.74) is -1.38. The number of benzene rings is 2. The molecule has 2 aromatic carbocycles. The Morgan fingerprint density at radius 3 is 2.09 bits per heavy atom. The third kappa shape index (κ3) is 3.64. The minimum atomic E-state index is -2.36. The van der Waals surface area contributed by atoms with E-state index in [4.69, 9.17) is 4.42 Å². The molecule has 3 aromatic rings. The van der Waals surface area contributed by atoms with Gasteiger partial charge in [0.25, 0.3) is 11.6 Å².